The number of hydrogen-bond acceptors (Lipinski definition) is 7. The van der Waals surface area contributed by atoms with E-state index in [2.05, 4.69) is 31.0 Å². The van der Waals surface area contributed by atoms with Gasteiger partial charge in [-0.25, -0.2) is 9.97 Å². The van der Waals surface area contributed by atoms with Gasteiger partial charge in [-0.05, 0) is 32.0 Å². The second-order valence-electron chi connectivity index (χ2n) is 6.67. The molecule has 9 nitrogen and oxygen atoms in total. The number of ether oxygens (including phenoxy) is 1. The summed E-state index contributed by atoms with van der Waals surface area (Å²) < 4.78 is 6.83. The van der Waals surface area contributed by atoms with E-state index in [0.29, 0.717) is 36.1 Å². The first kappa shape index (κ1) is 21.1. The van der Waals surface area contributed by atoms with Crippen LogP contribution in [0, 0.1) is 6.92 Å². The number of carbonyl (C=O) groups excluding carboxylic acids is 1. The topological polar surface area (TPSA) is 106 Å². The van der Waals surface area contributed by atoms with Crippen molar-refractivity contribution in [1.29, 1.82) is 0 Å². The van der Waals surface area contributed by atoms with Gasteiger partial charge >= 0.3 is 0 Å². The zero-order chi connectivity index (χ0) is 21.5. The number of hydrogen-bond donors (Lipinski definition) is 3. The quantitative estimate of drug-likeness (QED) is 0.466. The molecule has 3 aromatic rings. The molecule has 0 spiro atoms. The zero-order valence-electron chi connectivity index (χ0n) is 17.7. The van der Waals surface area contributed by atoms with Crippen molar-refractivity contribution >= 4 is 17.5 Å². The third-order valence-corrected chi connectivity index (χ3v) is 4.39. The van der Waals surface area contributed by atoms with Crippen LogP contribution in [0.25, 0.3) is 11.3 Å². The second kappa shape index (κ2) is 9.73. The third-order valence-electron chi connectivity index (χ3n) is 4.39. The summed E-state index contributed by atoms with van der Waals surface area (Å²) in [6.07, 6.45) is 0. The van der Waals surface area contributed by atoms with Crippen LogP contribution in [0.4, 0.5) is 11.6 Å². The first-order chi connectivity index (χ1) is 14.5. The number of aromatic nitrogens is 4. The molecule has 1 aromatic carbocycles. The summed E-state index contributed by atoms with van der Waals surface area (Å²) in [7, 11) is 3.37. The fraction of sp³-hybridized carbons (Fsp3) is 0.333. The largest absolute Gasteiger partial charge is 0.497 e. The monoisotopic (exact) mass is 409 g/mol. The van der Waals surface area contributed by atoms with Gasteiger partial charge in [-0.1, -0.05) is 12.1 Å². The number of methoxy groups -OCH3 is 1. The average Bonchev–Trinajstić information content (AvgIpc) is 3.13. The molecule has 0 unspecified atom stereocenters. The van der Waals surface area contributed by atoms with E-state index in [1.54, 1.807) is 24.9 Å². The zero-order valence-corrected chi connectivity index (χ0v) is 17.7. The van der Waals surface area contributed by atoms with Gasteiger partial charge in [0.25, 0.3) is 5.91 Å². The van der Waals surface area contributed by atoms with Crippen LogP contribution in [0.15, 0.2) is 36.4 Å². The van der Waals surface area contributed by atoms with Gasteiger partial charge in [0.2, 0.25) is 0 Å². The van der Waals surface area contributed by atoms with Crippen molar-refractivity contribution in [3.8, 4) is 17.0 Å². The van der Waals surface area contributed by atoms with E-state index in [9.17, 15) is 4.79 Å². The molecule has 1 amide bonds. The highest BCUT2D eigenvalue weighted by Gasteiger charge is 2.14. The normalized spacial score (nSPS) is 10.5. The SMILES string of the molecule is CCNc1cc(NCCNC(=O)c2cc(-c3cccc(OC)c3)nn2C)nc(C)n1. The molecule has 3 N–H and O–H groups in total. The Morgan fingerprint density at radius 3 is 2.60 bits per heavy atom. The molecular formula is C21H27N7O2. The maximum absolute atomic E-state index is 12.6. The summed E-state index contributed by atoms with van der Waals surface area (Å²) in [6, 6.07) is 11.2. The lowest BCUT2D eigenvalue weighted by atomic mass is 10.1. The van der Waals surface area contributed by atoms with Crippen molar-refractivity contribution in [3.05, 3.63) is 47.9 Å². The minimum absolute atomic E-state index is 0.187. The summed E-state index contributed by atoms with van der Waals surface area (Å²) in [5.41, 5.74) is 2.09. The molecule has 30 heavy (non-hydrogen) atoms. The minimum Gasteiger partial charge on any atom is -0.497 e. The number of carbonyl (C=O) groups is 1. The standard InChI is InChI=1S/C21H27N7O2/c1-5-22-19-13-20(26-14(2)25-19)23-9-10-24-21(29)18-12-17(27-28(18)3)15-7-6-8-16(11-15)30-4/h6-8,11-13H,5,9-10H2,1-4H3,(H,24,29)(H2,22,23,25,26). The molecule has 0 aliphatic carbocycles. The van der Waals surface area contributed by atoms with Gasteiger partial charge in [-0.2, -0.15) is 5.10 Å². The molecule has 0 atom stereocenters. The summed E-state index contributed by atoms with van der Waals surface area (Å²) in [5, 5.41) is 13.7. The molecule has 9 heteroatoms. The molecular weight excluding hydrogens is 382 g/mol. The smallest absolute Gasteiger partial charge is 0.269 e. The Balaban J connectivity index is 1.57. The molecule has 0 bridgehead atoms. The van der Waals surface area contributed by atoms with E-state index in [-0.39, 0.29) is 5.91 Å². The highest BCUT2D eigenvalue weighted by Crippen LogP contribution is 2.23. The molecule has 0 radical (unpaired) electrons. The molecule has 0 saturated heterocycles. The van der Waals surface area contributed by atoms with Gasteiger partial charge in [-0.3, -0.25) is 9.48 Å². The lowest BCUT2D eigenvalue weighted by Crippen LogP contribution is -2.30. The van der Waals surface area contributed by atoms with Crippen LogP contribution >= 0.6 is 0 Å². The van der Waals surface area contributed by atoms with E-state index in [1.165, 1.54) is 0 Å². The Hall–Kier alpha value is -3.62. The molecule has 0 aliphatic rings. The van der Waals surface area contributed by atoms with Gasteiger partial charge in [0, 0.05) is 38.3 Å². The van der Waals surface area contributed by atoms with Crippen LogP contribution in [-0.2, 0) is 7.05 Å². The highest BCUT2D eigenvalue weighted by atomic mass is 16.5. The Morgan fingerprint density at radius 2 is 1.87 bits per heavy atom. The Kier molecular flexibility index (Phi) is 6.84. The fourth-order valence-corrected chi connectivity index (χ4v) is 2.99. The number of benzene rings is 1. The predicted octanol–water partition coefficient (Wildman–Crippen LogP) is 2.47. The highest BCUT2D eigenvalue weighted by molar-refractivity contribution is 5.93. The summed E-state index contributed by atoms with van der Waals surface area (Å²) in [6.45, 7) is 5.62. The van der Waals surface area contributed by atoms with Gasteiger partial charge in [0.15, 0.2) is 0 Å². The van der Waals surface area contributed by atoms with Crippen LogP contribution < -0.4 is 20.7 Å². The maximum Gasteiger partial charge on any atom is 0.269 e. The van der Waals surface area contributed by atoms with E-state index < -0.39 is 0 Å². The van der Waals surface area contributed by atoms with Crippen LogP contribution in [-0.4, -0.2) is 52.4 Å². The van der Waals surface area contributed by atoms with Crippen molar-refractivity contribution in [3.63, 3.8) is 0 Å². The van der Waals surface area contributed by atoms with Crippen molar-refractivity contribution < 1.29 is 9.53 Å². The van der Waals surface area contributed by atoms with Crippen molar-refractivity contribution in [2.75, 3.05) is 37.4 Å². The summed E-state index contributed by atoms with van der Waals surface area (Å²) >= 11 is 0. The predicted molar refractivity (Wildman–Crippen MR) is 117 cm³/mol. The maximum atomic E-state index is 12.6. The second-order valence-corrected chi connectivity index (χ2v) is 6.67. The van der Waals surface area contributed by atoms with Crippen molar-refractivity contribution in [2.45, 2.75) is 13.8 Å². The van der Waals surface area contributed by atoms with Crippen molar-refractivity contribution in [1.82, 2.24) is 25.1 Å². The molecule has 158 valence electrons. The average molecular weight is 409 g/mol. The van der Waals surface area contributed by atoms with Crippen molar-refractivity contribution in [2.24, 2.45) is 7.05 Å². The summed E-state index contributed by atoms with van der Waals surface area (Å²) in [4.78, 5) is 21.3. The number of nitrogens with zero attached hydrogens (tertiary/aromatic N) is 4. The van der Waals surface area contributed by atoms with E-state index >= 15 is 0 Å². The summed E-state index contributed by atoms with van der Waals surface area (Å²) in [5.74, 6) is 2.73. The molecule has 0 saturated carbocycles. The third kappa shape index (κ3) is 5.25. The lowest BCUT2D eigenvalue weighted by molar-refractivity contribution is 0.0946. The van der Waals surface area contributed by atoms with E-state index in [4.69, 9.17) is 4.74 Å². The van der Waals surface area contributed by atoms with Crippen LogP contribution in [0.2, 0.25) is 0 Å². The molecule has 2 heterocycles. The van der Waals surface area contributed by atoms with E-state index in [0.717, 1.165) is 23.7 Å². The van der Waals surface area contributed by atoms with Gasteiger partial charge in [-0.15, -0.1) is 0 Å². The number of nitrogens with one attached hydrogen (secondary N) is 3. The number of anilines is 2. The van der Waals surface area contributed by atoms with E-state index in [1.807, 2.05) is 44.2 Å². The number of aryl methyl sites for hydroxylation is 2. The van der Waals surface area contributed by atoms with Crippen LogP contribution in [0.1, 0.15) is 23.2 Å². The fourth-order valence-electron chi connectivity index (χ4n) is 2.99. The molecule has 2 aromatic heterocycles. The number of amides is 1. The number of rotatable bonds is 9. The Morgan fingerprint density at radius 1 is 1.10 bits per heavy atom. The van der Waals surface area contributed by atoms with Crippen LogP contribution in [0.5, 0.6) is 5.75 Å². The molecule has 3 rings (SSSR count). The van der Waals surface area contributed by atoms with Gasteiger partial charge in [0.1, 0.15) is 28.9 Å². The molecule has 0 aliphatic heterocycles. The first-order valence-corrected chi connectivity index (χ1v) is 9.80. The van der Waals surface area contributed by atoms with Gasteiger partial charge < -0.3 is 20.7 Å². The van der Waals surface area contributed by atoms with Gasteiger partial charge in [0.05, 0.1) is 12.8 Å². The lowest BCUT2D eigenvalue weighted by Gasteiger charge is -2.10. The Bertz CT molecular complexity index is 1020. The first-order valence-electron chi connectivity index (χ1n) is 9.80. The van der Waals surface area contributed by atoms with Crippen LogP contribution in [0.3, 0.4) is 0 Å². The molecule has 0 fully saturated rings. The minimum atomic E-state index is -0.187. The Labute approximate surface area is 175 Å².